The highest BCUT2D eigenvalue weighted by molar-refractivity contribution is 8.18. The fourth-order valence-corrected chi connectivity index (χ4v) is 3.04. The summed E-state index contributed by atoms with van der Waals surface area (Å²) in [5.74, 6) is -0.164. The van der Waals surface area contributed by atoms with Crippen LogP contribution in [0.1, 0.15) is 12.5 Å². The highest BCUT2D eigenvalue weighted by Crippen LogP contribution is 2.34. The predicted molar refractivity (Wildman–Crippen MR) is 96.9 cm³/mol. The van der Waals surface area contributed by atoms with Crippen molar-refractivity contribution in [2.75, 3.05) is 33.5 Å². The van der Waals surface area contributed by atoms with Crippen LogP contribution in [0, 0.1) is 0 Å². The fourth-order valence-electron chi connectivity index (χ4n) is 2.18. The SMILES string of the molecule is CCOc1cc(/C=C2/SC(=O)N(CCOC)C2=O)ccc1OCC(N)=O. The van der Waals surface area contributed by atoms with E-state index in [4.69, 9.17) is 19.9 Å². The molecular weight excluding hydrogens is 360 g/mol. The van der Waals surface area contributed by atoms with E-state index in [0.29, 0.717) is 28.6 Å². The lowest BCUT2D eigenvalue weighted by Crippen LogP contribution is -2.31. The molecule has 1 aromatic carbocycles. The summed E-state index contributed by atoms with van der Waals surface area (Å²) in [6, 6.07) is 4.99. The molecule has 1 aliphatic heterocycles. The molecule has 0 aromatic heterocycles. The van der Waals surface area contributed by atoms with Gasteiger partial charge in [-0.25, -0.2) is 0 Å². The number of hydrogen-bond acceptors (Lipinski definition) is 7. The van der Waals surface area contributed by atoms with E-state index in [0.717, 1.165) is 16.7 Å². The smallest absolute Gasteiger partial charge is 0.293 e. The third-order valence-electron chi connectivity index (χ3n) is 3.33. The second kappa shape index (κ2) is 9.25. The first-order chi connectivity index (χ1) is 12.5. The van der Waals surface area contributed by atoms with Crippen LogP contribution in [-0.2, 0) is 14.3 Å². The number of ether oxygens (including phenoxy) is 3. The first kappa shape index (κ1) is 19.8. The van der Waals surface area contributed by atoms with Crippen molar-refractivity contribution in [3.63, 3.8) is 0 Å². The molecule has 8 nitrogen and oxygen atoms in total. The van der Waals surface area contributed by atoms with E-state index < -0.39 is 5.91 Å². The molecular formula is C17H20N2O6S. The van der Waals surface area contributed by atoms with E-state index in [1.54, 1.807) is 24.3 Å². The Morgan fingerprint density at radius 2 is 2.04 bits per heavy atom. The number of imide groups is 1. The first-order valence-corrected chi connectivity index (χ1v) is 8.70. The number of hydrogen-bond donors (Lipinski definition) is 1. The monoisotopic (exact) mass is 380 g/mol. The van der Waals surface area contributed by atoms with Crippen molar-refractivity contribution >= 4 is 34.9 Å². The van der Waals surface area contributed by atoms with Crippen LogP contribution in [0.3, 0.4) is 0 Å². The van der Waals surface area contributed by atoms with E-state index in [1.807, 2.05) is 6.92 Å². The number of benzene rings is 1. The Morgan fingerprint density at radius 1 is 1.27 bits per heavy atom. The van der Waals surface area contributed by atoms with Gasteiger partial charge in [-0.2, -0.15) is 0 Å². The van der Waals surface area contributed by atoms with Crippen LogP contribution in [0.25, 0.3) is 6.08 Å². The Hall–Kier alpha value is -2.52. The zero-order chi connectivity index (χ0) is 19.1. The maximum absolute atomic E-state index is 12.3. The molecule has 9 heteroatoms. The lowest BCUT2D eigenvalue weighted by Gasteiger charge is -2.12. The largest absolute Gasteiger partial charge is 0.490 e. The normalized spacial score (nSPS) is 15.6. The molecule has 0 unspecified atom stereocenters. The number of thioether (sulfide) groups is 1. The van der Waals surface area contributed by atoms with Gasteiger partial charge in [0.15, 0.2) is 18.1 Å². The van der Waals surface area contributed by atoms with Crippen molar-refractivity contribution in [2.45, 2.75) is 6.92 Å². The van der Waals surface area contributed by atoms with Gasteiger partial charge in [-0.3, -0.25) is 19.3 Å². The minimum absolute atomic E-state index is 0.211. The van der Waals surface area contributed by atoms with Gasteiger partial charge in [-0.15, -0.1) is 0 Å². The molecule has 0 aliphatic carbocycles. The van der Waals surface area contributed by atoms with Crippen LogP contribution in [-0.4, -0.2) is 55.4 Å². The van der Waals surface area contributed by atoms with Gasteiger partial charge in [0, 0.05) is 7.11 Å². The summed E-state index contributed by atoms with van der Waals surface area (Å²) in [4.78, 5) is 36.6. The maximum Gasteiger partial charge on any atom is 0.293 e. The molecule has 26 heavy (non-hydrogen) atoms. The summed E-state index contributed by atoms with van der Waals surface area (Å²) < 4.78 is 15.7. The average Bonchev–Trinajstić information content (AvgIpc) is 2.86. The molecule has 140 valence electrons. The van der Waals surface area contributed by atoms with Crippen LogP contribution < -0.4 is 15.2 Å². The minimum atomic E-state index is -0.596. The van der Waals surface area contributed by atoms with E-state index in [2.05, 4.69) is 0 Å². The van der Waals surface area contributed by atoms with Crippen molar-refractivity contribution in [1.82, 2.24) is 4.90 Å². The molecule has 2 N–H and O–H groups in total. The molecule has 0 saturated carbocycles. The maximum atomic E-state index is 12.3. The summed E-state index contributed by atoms with van der Waals surface area (Å²) in [5.41, 5.74) is 5.74. The summed E-state index contributed by atoms with van der Waals surface area (Å²) in [7, 11) is 1.51. The molecule has 1 fully saturated rings. The van der Waals surface area contributed by atoms with Crippen LogP contribution in [0.2, 0.25) is 0 Å². The van der Waals surface area contributed by atoms with E-state index >= 15 is 0 Å². The topological polar surface area (TPSA) is 108 Å². The van der Waals surface area contributed by atoms with E-state index in [1.165, 1.54) is 7.11 Å². The Balaban J connectivity index is 2.21. The number of methoxy groups -OCH3 is 1. The number of carbonyl (C=O) groups is 3. The van der Waals surface area contributed by atoms with Crippen molar-refractivity contribution < 1.29 is 28.6 Å². The van der Waals surface area contributed by atoms with Gasteiger partial charge in [-0.05, 0) is 42.5 Å². The molecule has 2 rings (SSSR count). The molecule has 0 bridgehead atoms. The number of nitrogens with two attached hydrogens (primary N) is 1. The second-order valence-corrected chi connectivity index (χ2v) is 6.21. The van der Waals surface area contributed by atoms with Gasteiger partial charge in [0.2, 0.25) is 0 Å². The van der Waals surface area contributed by atoms with Gasteiger partial charge in [0.05, 0.1) is 24.7 Å². The number of primary amides is 1. The van der Waals surface area contributed by atoms with E-state index in [9.17, 15) is 14.4 Å². The Morgan fingerprint density at radius 3 is 2.69 bits per heavy atom. The highest BCUT2D eigenvalue weighted by Gasteiger charge is 2.34. The van der Waals surface area contributed by atoms with Crippen molar-refractivity contribution in [3.05, 3.63) is 28.7 Å². The van der Waals surface area contributed by atoms with Crippen LogP contribution in [0.4, 0.5) is 4.79 Å². The van der Waals surface area contributed by atoms with Crippen molar-refractivity contribution in [3.8, 4) is 11.5 Å². The third-order valence-corrected chi connectivity index (χ3v) is 4.24. The molecule has 1 aromatic rings. The standard InChI is InChI=1S/C17H20N2O6S/c1-3-24-13-8-11(4-5-12(13)25-10-15(18)20)9-14-16(21)19(6-7-23-2)17(22)26-14/h4-5,8-9H,3,6-7,10H2,1-2H3,(H2,18,20)/b14-9+. The van der Waals surface area contributed by atoms with Crippen LogP contribution in [0.5, 0.6) is 11.5 Å². The molecule has 0 radical (unpaired) electrons. The number of rotatable bonds is 9. The summed E-state index contributed by atoms with van der Waals surface area (Å²) in [6.45, 7) is 2.43. The van der Waals surface area contributed by atoms with Crippen molar-refractivity contribution in [2.24, 2.45) is 5.73 Å². The van der Waals surface area contributed by atoms with Crippen LogP contribution in [0.15, 0.2) is 23.1 Å². The predicted octanol–water partition coefficient (Wildman–Crippen LogP) is 1.63. The van der Waals surface area contributed by atoms with E-state index in [-0.39, 0.29) is 30.9 Å². The molecule has 0 spiro atoms. The van der Waals surface area contributed by atoms with Gasteiger partial charge in [-0.1, -0.05) is 6.07 Å². The Kier molecular flexibility index (Phi) is 7.05. The van der Waals surface area contributed by atoms with Crippen LogP contribution >= 0.6 is 11.8 Å². The number of carbonyl (C=O) groups excluding carboxylic acids is 3. The third kappa shape index (κ3) is 4.99. The summed E-state index contributed by atoms with van der Waals surface area (Å²) in [5, 5.41) is -0.329. The second-order valence-electron chi connectivity index (χ2n) is 5.22. The first-order valence-electron chi connectivity index (χ1n) is 7.88. The fraction of sp³-hybridized carbons (Fsp3) is 0.353. The average molecular weight is 380 g/mol. The summed E-state index contributed by atoms with van der Waals surface area (Å²) >= 11 is 0.874. The zero-order valence-electron chi connectivity index (χ0n) is 14.5. The minimum Gasteiger partial charge on any atom is -0.490 e. The molecule has 1 heterocycles. The van der Waals surface area contributed by atoms with Gasteiger partial charge >= 0.3 is 0 Å². The van der Waals surface area contributed by atoms with Gasteiger partial charge < -0.3 is 19.9 Å². The number of nitrogens with zero attached hydrogens (tertiary/aromatic N) is 1. The Labute approximate surface area is 155 Å². The van der Waals surface area contributed by atoms with Gasteiger partial charge in [0.1, 0.15) is 0 Å². The Bertz CT molecular complexity index is 734. The van der Waals surface area contributed by atoms with Crippen molar-refractivity contribution in [1.29, 1.82) is 0 Å². The molecule has 1 saturated heterocycles. The quantitative estimate of drug-likeness (QED) is 0.649. The summed E-state index contributed by atoms with van der Waals surface area (Å²) in [6.07, 6.45) is 1.61. The molecule has 1 aliphatic rings. The van der Waals surface area contributed by atoms with Gasteiger partial charge in [0.25, 0.3) is 17.1 Å². The highest BCUT2D eigenvalue weighted by atomic mass is 32.2. The zero-order valence-corrected chi connectivity index (χ0v) is 15.3. The molecule has 0 atom stereocenters. The molecule has 3 amide bonds. The number of amides is 3. The lowest BCUT2D eigenvalue weighted by molar-refractivity contribution is -0.123. The lowest BCUT2D eigenvalue weighted by atomic mass is 10.2.